The van der Waals surface area contributed by atoms with Gasteiger partial charge >= 0.3 is 0 Å². The molecule has 4 heteroatoms. The van der Waals surface area contributed by atoms with Crippen LogP contribution < -0.4 is 11.1 Å². The summed E-state index contributed by atoms with van der Waals surface area (Å²) < 4.78 is 1.01. The summed E-state index contributed by atoms with van der Waals surface area (Å²) in [4.78, 5) is 11.5. The number of hydrogen-bond donors (Lipinski definition) is 2. The average Bonchev–Trinajstić information content (AvgIpc) is 2.26. The highest BCUT2D eigenvalue weighted by atomic mass is 79.9. The first-order valence-electron chi connectivity index (χ1n) is 5.41. The van der Waals surface area contributed by atoms with E-state index in [0.717, 1.165) is 22.9 Å². The van der Waals surface area contributed by atoms with Gasteiger partial charge in [-0.2, -0.15) is 0 Å². The average molecular weight is 285 g/mol. The first-order valence-corrected chi connectivity index (χ1v) is 6.20. The van der Waals surface area contributed by atoms with Crippen LogP contribution in [0.5, 0.6) is 0 Å². The summed E-state index contributed by atoms with van der Waals surface area (Å²) in [6.07, 6.45) is 1.65. The second-order valence-corrected chi connectivity index (χ2v) is 4.66. The molecule has 3 N–H and O–H groups in total. The van der Waals surface area contributed by atoms with Crippen molar-refractivity contribution in [3.63, 3.8) is 0 Å². The summed E-state index contributed by atoms with van der Waals surface area (Å²) in [5.41, 5.74) is 6.76. The summed E-state index contributed by atoms with van der Waals surface area (Å²) in [6, 6.07) is 7.45. The number of carbonyl (C=O) groups excluding carboxylic acids is 1. The highest BCUT2D eigenvalue weighted by molar-refractivity contribution is 9.10. The van der Waals surface area contributed by atoms with E-state index in [1.54, 1.807) is 0 Å². The number of nitrogens with one attached hydrogen (secondary N) is 1. The molecule has 0 aliphatic heterocycles. The minimum Gasteiger partial charge on any atom is -0.351 e. The zero-order valence-corrected chi connectivity index (χ0v) is 11.0. The van der Waals surface area contributed by atoms with E-state index in [1.807, 2.05) is 31.2 Å². The Kier molecular flexibility index (Phi) is 5.49. The van der Waals surface area contributed by atoms with Crippen LogP contribution in [0.15, 0.2) is 28.7 Å². The molecule has 0 bridgehead atoms. The van der Waals surface area contributed by atoms with Crippen molar-refractivity contribution in [3.05, 3.63) is 34.3 Å². The van der Waals surface area contributed by atoms with E-state index in [2.05, 4.69) is 21.2 Å². The van der Waals surface area contributed by atoms with Gasteiger partial charge in [0.1, 0.15) is 0 Å². The molecule has 0 unspecified atom stereocenters. The Bertz CT molecular complexity index is 355. The smallest absolute Gasteiger partial charge is 0.237 e. The van der Waals surface area contributed by atoms with E-state index in [-0.39, 0.29) is 5.91 Å². The Morgan fingerprint density at radius 1 is 1.56 bits per heavy atom. The van der Waals surface area contributed by atoms with Crippen LogP contribution in [0.25, 0.3) is 0 Å². The van der Waals surface area contributed by atoms with Crippen molar-refractivity contribution in [1.29, 1.82) is 0 Å². The summed E-state index contributed by atoms with van der Waals surface area (Å²) >= 11 is 3.39. The molecule has 0 aliphatic rings. The Morgan fingerprint density at radius 2 is 2.31 bits per heavy atom. The van der Waals surface area contributed by atoms with E-state index in [4.69, 9.17) is 5.73 Å². The fourth-order valence-electron chi connectivity index (χ4n) is 1.41. The quantitative estimate of drug-likeness (QED) is 0.871. The fourth-order valence-corrected chi connectivity index (χ4v) is 1.86. The molecule has 0 aliphatic carbocycles. The summed E-state index contributed by atoms with van der Waals surface area (Å²) in [5.74, 6) is -0.0816. The molecular formula is C12H17BrN2O. The number of rotatable bonds is 5. The van der Waals surface area contributed by atoms with Crippen LogP contribution in [-0.4, -0.2) is 11.9 Å². The SMILES string of the molecule is CCC[C@H](N)C(=O)NCc1cccc(Br)c1. The van der Waals surface area contributed by atoms with Crippen molar-refractivity contribution >= 4 is 21.8 Å². The maximum absolute atomic E-state index is 11.5. The van der Waals surface area contributed by atoms with Crippen molar-refractivity contribution in [1.82, 2.24) is 5.32 Å². The van der Waals surface area contributed by atoms with Crippen LogP contribution in [0.3, 0.4) is 0 Å². The van der Waals surface area contributed by atoms with Crippen molar-refractivity contribution in [3.8, 4) is 0 Å². The predicted octanol–water partition coefficient (Wildman–Crippen LogP) is 2.19. The lowest BCUT2D eigenvalue weighted by Gasteiger charge is -2.11. The van der Waals surface area contributed by atoms with Gasteiger partial charge < -0.3 is 11.1 Å². The predicted molar refractivity (Wildman–Crippen MR) is 68.9 cm³/mol. The lowest BCUT2D eigenvalue weighted by atomic mass is 10.1. The van der Waals surface area contributed by atoms with Crippen LogP contribution in [0.1, 0.15) is 25.3 Å². The Labute approximate surface area is 105 Å². The molecule has 1 aromatic carbocycles. The Balaban J connectivity index is 2.42. The number of halogens is 1. The van der Waals surface area contributed by atoms with E-state index in [0.29, 0.717) is 6.54 Å². The number of benzene rings is 1. The molecule has 0 heterocycles. The molecule has 1 amide bonds. The number of amides is 1. The van der Waals surface area contributed by atoms with Gasteiger partial charge in [0.05, 0.1) is 6.04 Å². The third-order valence-corrected chi connectivity index (χ3v) is 2.79. The first-order chi connectivity index (χ1) is 7.63. The summed E-state index contributed by atoms with van der Waals surface area (Å²) in [7, 11) is 0. The van der Waals surface area contributed by atoms with Crippen LogP contribution in [0, 0.1) is 0 Å². The molecule has 1 atom stereocenters. The third kappa shape index (κ3) is 4.33. The molecule has 88 valence electrons. The van der Waals surface area contributed by atoms with Crippen molar-refractivity contribution in [2.24, 2.45) is 5.73 Å². The van der Waals surface area contributed by atoms with Gasteiger partial charge in [0, 0.05) is 11.0 Å². The van der Waals surface area contributed by atoms with Gasteiger partial charge in [0.2, 0.25) is 5.91 Å². The van der Waals surface area contributed by atoms with Gasteiger partial charge in [-0.25, -0.2) is 0 Å². The maximum atomic E-state index is 11.5. The molecule has 0 aromatic heterocycles. The van der Waals surface area contributed by atoms with Gasteiger partial charge in [-0.15, -0.1) is 0 Å². The van der Waals surface area contributed by atoms with Gasteiger partial charge in [0.15, 0.2) is 0 Å². The van der Waals surface area contributed by atoms with Crippen LogP contribution >= 0.6 is 15.9 Å². The van der Waals surface area contributed by atoms with E-state index < -0.39 is 6.04 Å². The molecule has 0 radical (unpaired) electrons. The molecule has 1 aromatic rings. The lowest BCUT2D eigenvalue weighted by molar-refractivity contribution is -0.122. The second kappa shape index (κ2) is 6.66. The maximum Gasteiger partial charge on any atom is 0.237 e. The topological polar surface area (TPSA) is 55.1 Å². The third-order valence-electron chi connectivity index (χ3n) is 2.29. The zero-order chi connectivity index (χ0) is 12.0. The molecule has 0 spiro atoms. The minimum absolute atomic E-state index is 0.0816. The normalized spacial score (nSPS) is 12.2. The summed E-state index contributed by atoms with van der Waals surface area (Å²) in [6.45, 7) is 2.54. The van der Waals surface area contributed by atoms with Gasteiger partial charge in [-0.1, -0.05) is 41.4 Å². The van der Waals surface area contributed by atoms with Gasteiger partial charge in [-0.3, -0.25) is 4.79 Å². The number of nitrogens with two attached hydrogens (primary N) is 1. The molecule has 3 nitrogen and oxygen atoms in total. The molecule has 1 rings (SSSR count). The largest absolute Gasteiger partial charge is 0.351 e. The van der Waals surface area contributed by atoms with Gasteiger partial charge in [0.25, 0.3) is 0 Å². The van der Waals surface area contributed by atoms with Crippen molar-refractivity contribution < 1.29 is 4.79 Å². The summed E-state index contributed by atoms with van der Waals surface area (Å²) in [5, 5.41) is 2.83. The standard InChI is InChI=1S/C12H17BrN2O/c1-2-4-11(14)12(16)15-8-9-5-3-6-10(13)7-9/h3,5-7,11H,2,4,8,14H2,1H3,(H,15,16)/t11-/m0/s1. The molecule has 0 fully saturated rings. The van der Waals surface area contributed by atoms with Crippen molar-refractivity contribution in [2.45, 2.75) is 32.4 Å². The fraction of sp³-hybridized carbons (Fsp3) is 0.417. The van der Waals surface area contributed by atoms with Crippen LogP contribution in [0.4, 0.5) is 0 Å². The lowest BCUT2D eigenvalue weighted by Crippen LogP contribution is -2.40. The monoisotopic (exact) mass is 284 g/mol. The second-order valence-electron chi connectivity index (χ2n) is 3.74. The highest BCUT2D eigenvalue weighted by Gasteiger charge is 2.11. The van der Waals surface area contributed by atoms with E-state index >= 15 is 0 Å². The molecule has 0 saturated heterocycles. The van der Waals surface area contributed by atoms with E-state index in [9.17, 15) is 4.79 Å². The van der Waals surface area contributed by atoms with Crippen molar-refractivity contribution in [2.75, 3.05) is 0 Å². The number of carbonyl (C=O) groups is 1. The minimum atomic E-state index is -0.392. The Morgan fingerprint density at radius 3 is 2.94 bits per heavy atom. The molecular weight excluding hydrogens is 268 g/mol. The van der Waals surface area contributed by atoms with E-state index in [1.165, 1.54) is 0 Å². The first kappa shape index (κ1) is 13.2. The molecule has 16 heavy (non-hydrogen) atoms. The van der Waals surface area contributed by atoms with Crippen LogP contribution in [-0.2, 0) is 11.3 Å². The zero-order valence-electron chi connectivity index (χ0n) is 9.37. The number of hydrogen-bond acceptors (Lipinski definition) is 2. The van der Waals surface area contributed by atoms with Crippen LogP contribution in [0.2, 0.25) is 0 Å². The Hall–Kier alpha value is -0.870. The highest BCUT2D eigenvalue weighted by Crippen LogP contribution is 2.11. The van der Waals surface area contributed by atoms with Gasteiger partial charge in [-0.05, 0) is 24.1 Å². The molecule has 0 saturated carbocycles.